The Morgan fingerprint density at radius 2 is 2.12 bits per heavy atom. The van der Waals surface area contributed by atoms with Gasteiger partial charge in [-0.15, -0.1) is 0 Å². The minimum absolute atomic E-state index is 0.0736. The summed E-state index contributed by atoms with van der Waals surface area (Å²) in [7, 11) is 0. The molecule has 1 aromatic rings. The minimum atomic E-state index is -0.154. The number of hydrogen-bond donors (Lipinski definition) is 2. The summed E-state index contributed by atoms with van der Waals surface area (Å²) in [6.45, 7) is 6.28. The van der Waals surface area contributed by atoms with Gasteiger partial charge in [-0.2, -0.15) is 0 Å². The van der Waals surface area contributed by atoms with Crippen LogP contribution in [0.3, 0.4) is 0 Å². The van der Waals surface area contributed by atoms with Crippen molar-refractivity contribution >= 4 is 17.3 Å². The molecule has 4 heteroatoms. The van der Waals surface area contributed by atoms with E-state index in [2.05, 4.69) is 5.32 Å². The first-order valence-electron chi connectivity index (χ1n) is 5.29. The Morgan fingerprint density at radius 1 is 1.44 bits per heavy atom. The number of carbonyl (C=O) groups is 1. The molecule has 0 heterocycles. The molecule has 3 N–H and O–H groups in total. The number of hydrogen-bond acceptors (Lipinski definition) is 3. The minimum Gasteiger partial charge on any atom is -0.398 e. The lowest BCUT2D eigenvalue weighted by atomic mass is 10.1. The molecule has 0 bridgehead atoms. The number of nitrogens with one attached hydrogen (secondary N) is 1. The number of nitrogen functional groups attached to an aromatic ring is 1. The second-order valence-electron chi connectivity index (χ2n) is 3.66. The molecule has 16 heavy (non-hydrogen) atoms. The lowest BCUT2D eigenvalue weighted by Crippen LogP contribution is -2.19. The molecule has 88 valence electrons. The number of carbonyl (C=O) groups excluding carboxylic acids is 1. The molecule has 0 aliphatic carbocycles. The van der Waals surface area contributed by atoms with E-state index in [-0.39, 0.29) is 12.5 Å². The highest BCUT2D eigenvalue weighted by Crippen LogP contribution is 2.24. The average Bonchev–Trinajstić information content (AvgIpc) is 2.27. The van der Waals surface area contributed by atoms with Crippen LogP contribution in [0.2, 0.25) is 0 Å². The molecule has 0 saturated carbocycles. The summed E-state index contributed by atoms with van der Waals surface area (Å²) in [5.41, 5.74) is 9.13. The van der Waals surface area contributed by atoms with Crippen molar-refractivity contribution in [2.45, 2.75) is 20.8 Å². The second-order valence-corrected chi connectivity index (χ2v) is 3.66. The Balaban J connectivity index is 2.80. The normalized spacial score (nSPS) is 10.2. The van der Waals surface area contributed by atoms with E-state index in [1.807, 2.05) is 32.9 Å². The molecule has 0 radical (unpaired) electrons. The number of aryl methyl sites for hydroxylation is 1. The number of ether oxygens (including phenoxy) is 1. The fraction of sp³-hybridized carbons (Fsp3) is 0.417. The van der Waals surface area contributed by atoms with Crippen molar-refractivity contribution in [2.24, 2.45) is 0 Å². The zero-order valence-electron chi connectivity index (χ0n) is 9.96. The van der Waals surface area contributed by atoms with E-state index in [1.165, 1.54) is 0 Å². The predicted octanol–water partition coefficient (Wildman–Crippen LogP) is 1.86. The summed E-state index contributed by atoms with van der Waals surface area (Å²) in [6.07, 6.45) is 0. The lowest BCUT2D eigenvalue weighted by molar-refractivity contribution is -0.120. The average molecular weight is 222 g/mol. The van der Waals surface area contributed by atoms with Gasteiger partial charge in [0.05, 0.1) is 0 Å². The number of benzene rings is 1. The molecule has 0 aliphatic rings. The maximum atomic E-state index is 11.5. The van der Waals surface area contributed by atoms with Crippen LogP contribution in [0, 0.1) is 13.8 Å². The lowest BCUT2D eigenvalue weighted by Gasteiger charge is -2.13. The van der Waals surface area contributed by atoms with Gasteiger partial charge < -0.3 is 15.8 Å². The molecule has 0 atom stereocenters. The molecular formula is C12H18N2O2. The topological polar surface area (TPSA) is 64.3 Å². The monoisotopic (exact) mass is 222 g/mol. The Bertz CT molecular complexity index is 389. The van der Waals surface area contributed by atoms with Crippen LogP contribution in [-0.4, -0.2) is 19.1 Å². The summed E-state index contributed by atoms with van der Waals surface area (Å²) in [4.78, 5) is 11.5. The van der Waals surface area contributed by atoms with Crippen molar-refractivity contribution in [3.63, 3.8) is 0 Å². The van der Waals surface area contributed by atoms with Crippen LogP contribution >= 0.6 is 0 Å². The molecule has 0 spiro atoms. The van der Waals surface area contributed by atoms with Gasteiger partial charge in [-0.05, 0) is 38.0 Å². The molecule has 1 aromatic carbocycles. The Hall–Kier alpha value is -1.55. The van der Waals surface area contributed by atoms with Crippen LogP contribution < -0.4 is 11.1 Å². The van der Waals surface area contributed by atoms with Crippen molar-refractivity contribution in [3.05, 3.63) is 23.3 Å². The number of amides is 1. The highest BCUT2D eigenvalue weighted by Gasteiger charge is 2.09. The predicted molar refractivity (Wildman–Crippen MR) is 65.5 cm³/mol. The van der Waals surface area contributed by atoms with Gasteiger partial charge in [0.1, 0.15) is 6.61 Å². The number of rotatable bonds is 4. The molecule has 0 fully saturated rings. The summed E-state index contributed by atoms with van der Waals surface area (Å²) in [6, 6.07) is 3.72. The molecule has 0 saturated heterocycles. The summed E-state index contributed by atoms with van der Waals surface area (Å²) < 4.78 is 5.03. The Labute approximate surface area is 95.8 Å². The fourth-order valence-corrected chi connectivity index (χ4v) is 1.43. The van der Waals surface area contributed by atoms with E-state index < -0.39 is 0 Å². The zero-order chi connectivity index (χ0) is 12.1. The highest BCUT2D eigenvalue weighted by atomic mass is 16.5. The van der Waals surface area contributed by atoms with Crippen LogP contribution in [0.1, 0.15) is 18.1 Å². The first kappa shape index (κ1) is 12.5. The Kier molecular flexibility index (Phi) is 4.31. The van der Waals surface area contributed by atoms with Crippen molar-refractivity contribution in [1.29, 1.82) is 0 Å². The van der Waals surface area contributed by atoms with Gasteiger partial charge in [0, 0.05) is 18.0 Å². The van der Waals surface area contributed by atoms with Gasteiger partial charge in [0.15, 0.2) is 0 Å². The van der Waals surface area contributed by atoms with Crippen LogP contribution in [0.15, 0.2) is 12.1 Å². The van der Waals surface area contributed by atoms with Crippen LogP contribution in [-0.2, 0) is 9.53 Å². The van der Waals surface area contributed by atoms with Crippen LogP contribution in [0.5, 0.6) is 0 Å². The first-order valence-corrected chi connectivity index (χ1v) is 5.29. The van der Waals surface area contributed by atoms with Crippen molar-refractivity contribution < 1.29 is 9.53 Å². The maximum absolute atomic E-state index is 11.5. The van der Waals surface area contributed by atoms with E-state index in [0.717, 1.165) is 16.8 Å². The van der Waals surface area contributed by atoms with Crippen molar-refractivity contribution in [2.75, 3.05) is 24.3 Å². The van der Waals surface area contributed by atoms with Gasteiger partial charge in [-0.1, -0.05) is 6.07 Å². The third-order valence-electron chi connectivity index (χ3n) is 2.42. The molecule has 1 rings (SSSR count). The van der Waals surface area contributed by atoms with Crippen molar-refractivity contribution in [3.8, 4) is 0 Å². The standard InChI is InChI=1S/C12H18N2O2/c1-4-16-7-11(15)14-12-8(2)5-6-10(13)9(12)3/h5-6H,4,7,13H2,1-3H3,(H,14,15). The van der Waals surface area contributed by atoms with Crippen molar-refractivity contribution in [1.82, 2.24) is 0 Å². The van der Waals surface area contributed by atoms with Gasteiger partial charge in [-0.3, -0.25) is 4.79 Å². The number of anilines is 2. The van der Waals surface area contributed by atoms with Gasteiger partial charge in [0.25, 0.3) is 0 Å². The zero-order valence-corrected chi connectivity index (χ0v) is 9.96. The molecule has 0 aliphatic heterocycles. The second kappa shape index (κ2) is 5.51. The SMILES string of the molecule is CCOCC(=O)Nc1c(C)ccc(N)c1C. The molecule has 0 unspecified atom stereocenters. The van der Waals surface area contributed by atoms with E-state index in [0.29, 0.717) is 12.3 Å². The summed E-state index contributed by atoms with van der Waals surface area (Å²) >= 11 is 0. The summed E-state index contributed by atoms with van der Waals surface area (Å²) in [5.74, 6) is -0.154. The van der Waals surface area contributed by atoms with Gasteiger partial charge in [0.2, 0.25) is 5.91 Å². The van der Waals surface area contributed by atoms with E-state index in [4.69, 9.17) is 10.5 Å². The number of nitrogens with two attached hydrogens (primary N) is 1. The third kappa shape index (κ3) is 2.97. The molecular weight excluding hydrogens is 204 g/mol. The smallest absolute Gasteiger partial charge is 0.250 e. The van der Waals surface area contributed by atoms with Gasteiger partial charge in [-0.25, -0.2) is 0 Å². The highest BCUT2D eigenvalue weighted by molar-refractivity contribution is 5.94. The summed E-state index contributed by atoms with van der Waals surface area (Å²) in [5, 5.41) is 2.81. The molecule has 0 aromatic heterocycles. The Morgan fingerprint density at radius 3 is 2.75 bits per heavy atom. The van der Waals surface area contributed by atoms with E-state index in [1.54, 1.807) is 0 Å². The first-order chi connectivity index (χ1) is 7.56. The van der Waals surface area contributed by atoms with Gasteiger partial charge >= 0.3 is 0 Å². The van der Waals surface area contributed by atoms with E-state index in [9.17, 15) is 4.79 Å². The quantitative estimate of drug-likeness (QED) is 0.764. The van der Waals surface area contributed by atoms with E-state index >= 15 is 0 Å². The molecule has 1 amide bonds. The largest absolute Gasteiger partial charge is 0.398 e. The van der Waals surface area contributed by atoms with Crippen LogP contribution in [0.4, 0.5) is 11.4 Å². The van der Waals surface area contributed by atoms with Crippen LogP contribution in [0.25, 0.3) is 0 Å². The fourth-order valence-electron chi connectivity index (χ4n) is 1.43. The third-order valence-corrected chi connectivity index (χ3v) is 2.42. The maximum Gasteiger partial charge on any atom is 0.250 e. The molecule has 4 nitrogen and oxygen atoms in total.